The second-order valence-electron chi connectivity index (χ2n) is 3.90. The number of thiazole rings is 1. The van der Waals surface area contributed by atoms with E-state index in [-0.39, 0.29) is 11.0 Å². The number of hydrogen-bond donors (Lipinski definition) is 2. The zero-order valence-corrected chi connectivity index (χ0v) is 12.6. The van der Waals surface area contributed by atoms with Gasteiger partial charge in [0.15, 0.2) is 10.2 Å². The number of aromatic nitrogens is 1. The van der Waals surface area contributed by atoms with Crippen LogP contribution in [0, 0.1) is 0 Å². The molecule has 1 aromatic carbocycles. The van der Waals surface area contributed by atoms with Crippen molar-refractivity contribution in [3.05, 3.63) is 29.6 Å². The molecule has 104 valence electrons. The summed E-state index contributed by atoms with van der Waals surface area (Å²) in [6.07, 6.45) is 0. The number of nitrogens with one attached hydrogen (secondary N) is 2. The summed E-state index contributed by atoms with van der Waals surface area (Å²) in [6, 6.07) is 7.63. The summed E-state index contributed by atoms with van der Waals surface area (Å²) in [6.45, 7) is 1.40. The number of thiocarbonyl (C=S) groups is 1. The average Bonchev–Trinajstić information content (AvgIpc) is 2.86. The Bertz CT molecular complexity index is 623. The van der Waals surface area contributed by atoms with E-state index in [1.165, 1.54) is 18.3 Å². The number of anilines is 1. The Morgan fingerprint density at radius 2 is 2.05 bits per heavy atom. The highest BCUT2D eigenvalue weighted by atomic mass is 32.1. The van der Waals surface area contributed by atoms with Gasteiger partial charge in [0.1, 0.15) is 5.75 Å². The van der Waals surface area contributed by atoms with Gasteiger partial charge in [-0.05, 0) is 36.5 Å². The average molecular weight is 307 g/mol. The molecule has 0 saturated heterocycles. The summed E-state index contributed by atoms with van der Waals surface area (Å²) in [7, 11) is 1.63. The molecule has 0 saturated carbocycles. The second kappa shape index (κ2) is 6.44. The van der Waals surface area contributed by atoms with Gasteiger partial charge in [-0.3, -0.25) is 4.79 Å². The zero-order valence-electron chi connectivity index (χ0n) is 11.0. The number of carbonyl (C=O) groups is 1. The Balaban J connectivity index is 2.08. The fourth-order valence-electron chi connectivity index (χ4n) is 1.51. The molecule has 0 spiro atoms. The molecule has 0 bridgehead atoms. The molecular formula is C13H13N3O2S2. The molecule has 0 atom stereocenters. The third-order valence-electron chi connectivity index (χ3n) is 2.40. The van der Waals surface area contributed by atoms with Crippen LogP contribution in [0.2, 0.25) is 0 Å². The quantitative estimate of drug-likeness (QED) is 0.854. The molecule has 0 radical (unpaired) electrons. The van der Waals surface area contributed by atoms with Crippen LogP contribution in [0.15, 0.2) is 29.6 Å². The van der Waals surface area contributed by atoms with Crippen LogP contribution in [0.4, 0.5) is 5.13 Å². The summed E-state index contributed by atoms with van der Waals surface area (Å²) in [4.78, 5) is 15.3. The molecule has 1 amide bonds. The molecule has 0 fully saturated rings. The summed E-state index contributed by atoms with van der Waals surface area (Å²) < 4.78 is 5.11. The lowest BCUT2D eigenvalue weighted by Gasteiger charge is -2.04. The minimum atomic E-state index is -0.213. The van der Waals surface area contributed by atoms with Crippen molar-refractivity contribution >= 4 is 39.7 Å². The van der Waals surface area contributed by atoms with Crippen LogP contribution < -0.4 is 15.4 Å². The van der Waals surface area contributed by atoms with Gasteiger partial charge in [0.25, 0.3) is 0 Å². The zero-order chi connectivity index (χ0) is 14.5. The molecule has 2 aromatic rings. The number of ether oxygens (including phenoxy) is 1. The van der Waals surface area contributed by atoms with Crippen LogP contribution in [0.3, 0.4) is 0 Å². The van der Waals surface area contributed by atoms with Crippen LogP contribution in [-0.4, -0.2) is 23.1 Å². The Hall–Kier alpha value is -1.99. The Labute approximate surface area is 126 Å². The first-order chi connectivity index (χ1) is 9.58. The number of rotatable bonds is 3. The molecule has 0 unspecified atom stereocenters. The maximum atomic E-state index is 10.9. The highest BCUT2D eigenvalue weighted by Crippen LogP contribution is 2.26. The highest BCUT2D eigenvalue weighted by molar-refractivity contribution is 7.80. The third-order valence-corrected chi connectivity index (χ3v) is 3.36. The van der Waals surface area contributed by atoms with Crippen molar-refractivity contribution in [2.45, 2.75) is 6.92 Å². The second-order valence-corrected chi connectivity index (χ2v) is 5.17. The molecule has 2 rings (SSSR count). The molecule has 1 heterocycles. The SMILES string of the molecule is COc1ccc(-c2csc(NC(=S)NC(C)=O)n2)cc1. The molecule has 0 aliphatic heterocycles. The summed E-state index contributed by atoms with van der Waals surface area (Å²) in [5.41, 5.74) is 1.83. The van der Waals surface area contributed by atoms with Crippen LogP contribution in [0.25, 0.3) is 11.3 Å². The van der Waals surface area contributed by atoms with Gasteiger partial charge in [0.2, 0.25) is 5.91 Å². The van der Waals surface area contributed by atoms with E-state index < -0.39 is 0 Å². The van der Waals surface area contributed by atoms with Crippen molar-refractivity contribution in [3.8, 4) is 17.0 Å². The van der Waals surface area contributed by atoms with E-state index in [9.17, 15) is 4.79 Å². The van der Waals surface area contributed by atoms with E-state index in [1.54, 1.807) is 7.11 Å². The van der Waals surface area contributed by atoms with E-state index >= 15 is 0 Å². The number of hydrogen-bond acceptors (Lipinski definition) is 5. The van der Waals surface area contributed by atoms with E-state index in [4.69, 9.17) is 17.0 Å². The first-order valence-corrected chi connectivity index (χ1v) is 7.06. The highest BCUT2D eigenvalue weighted by Gasteiger charge is 2.06. The van der Waals surface area contributed by atoms with Crippen LogP contribution in [-0.2, 0) is 4.79 Å². The topological polar surface area (TPSA) is 63.2 Å². The minimum Gasteiger partial charge on any atom is -0.497 e. The molecule has 0 aliphatic rings. The summed E-state index contributed by atoms with van der Waals surface area (Å²) in [5, 5.41) is 8.15. The number of benzene rings is 1. The van der Waals surface area contributed by atoms with E-state index in [0.717, 1.165) is 17.0 Å². The summed E-state index contributed by atoms with van der Waals surface area (Å²) >= 11 is 6.40. The predicted molar refractivity (Wildman–Crippen MR) is 84.1 cm³/mol. The van der Waals surface area contributed by atoms with Crippen LogP contribution >= 0.6 is 23.6 Å². The first-order valence-electron chi connectivity index (χ1n) is 5.77. The standard InChI is InChI=1S/C13H13N3O2S2/c1-8(17)14-12(19)16-13-15-11(7-20-13)9-3-5-10(18-2)6-4-9/h3-7H,1-2H3,(H2,14,15,16,17,19). The number of carbonyl (C=O) groups excluding carboxylic acids is 1. The van der Waals surface area contributed by atoms with E-state index in [1.807, 2.05) is 29.6 Å². The van der Waals surface area contributed by atoms with Gasteiger partial charge in [-0.1, -0.05) is 0 Å². The van der Waals surface area contributed by atoms with Crippen molar-refractivity contribution in [1.29, 1.82) is 0 Å². The largest absolute Gasteiger partial charge is 0.497 e. The number of amides is 1. The van der Waals surface area contributed by atoms with Gasteiger partial charge in [-0.15, -0.1) is 11.3 Å². The lowest BCUT2D eigenvalue weighted by molar-refractivity contribution is -0.117. The third kappa shape index (κ3) is 3.75. The molecular weight excluding hydrogens is 294 g/mol. The number of methoxy groups -OCH3 is 1. The van der Waals surface area contributed by atoms with Gasteiger partial charge in [-0.25, -0.2) is 4.98 Å². The van der Waals surface area contributed by atoms with E-state index in [2.05, 4.69) is 15.6 Å². The fourth-order valence-corrected chi connectivity index (χ4v) is 2.54. The fraction of sp³-hybridized carbons (Fsp3) is 0.154. The first kappa shape index (κ1) is 14.4. The lowest BCUT2D eigenvalue weighted by atomic mass is 10.2. The van der Waals surface area contributed by atoms with Crippen LogP contribution in [0.1, 0.15) is 6.92 Å². The van der Waals surface area contributed by atoms with Crippen LogP contribution in [0.5, 0.6) is 5.75 Å². The van der Waals surface area contributed by atoms with E-state index in [0.29, 0.717) is 5.13 Å². The van der Waals surface area contributed by atoms with Gasteiger partial charge >= 0.3 is 0 Å². The Morgan fingerprint density at radius 3 is 2.65 bits per heavy atom. The molecule has 1 aromatic heterocycles. The minimum absolute atomic E-state index is 0.213. The lowest BCUT2D eigenvalue weighted by Crippen LogP contribution is -2.32. The predicted octanol–water partition coefficient (Wildman–Crippen LogP) is 2.65. The van der Waals surface area contributed by atoms with Gasteiger partial charge in [0, 0.05) is 17.9 Å². The molecule has 20 heavy (non-hydrogen) atoms. The maximum Gasteiger partial charge on any atom is 0.222 e. The Morgan fingerprint density at radius 1 is 1.35 bits per heavy atom. The number of nitrogens with zero attached hydrogens (tertiary/aromatic N) is 1. The monoisotopic (exact) mass is 307 g/mol. The smallest absolute Gasteiger partial charge is 0.222 e. The molecule has 5 nitrogen and oxygen atoms in total. The molecule has 7 heteroatoms. The molecule has 0 aliphatic carbocycles. The van der Waals surface area contributed by atoms with Crippen molar-refractivity contribution in [2.24, 2.45) is 0 Å². The Kier molecular flexibility index (Phi) is 4.65. The van der Waals surface area contributed by atoms with Gasteiger partial charge in [-0.2, -0.15) is 0 Å². The van der Waals surface area contributed by atoms with Crippen molar-refractivity contribution < 1.29 is 9.53 Å². The molecule has 2 N–H and O–H groups in total. The van der Waals surface area contributed by atoms with Crippen molar-refractivity contribution in [2.75, 3.05) is 12.4 Å². The normalized spacial score (nSPS) is 9.90. The van der Waals surface area contributed by atoms with Gasteiger partial charge in [0.05, 0.1) is 12.8 Å². The summed E-state index contributed by atoms with van der Waals surface area (Å²) in [5.74, 6) is 0.587. The van der Waals surface area contributed by atoms with Crippen molar-refractivity contribution in [1.82, 2.24) is 10.3 Å². The van der Waals surface area contributed by atoms with Gasteiger partial charge < -0.3 is 15.4 Å². The maximum absolute atomic E-state index is 10.9. The van der Waals surface area contributed by atoms with Crippen molar-refractivity contribution in [3.63, 3.8) is 0 Å².